The second-order valence-corrected chi connectivity index (χ2v) is 13.2. The van der Waals surface area contributed by atoms with E-state index < -0.39 is 22.6 Å². The van der Waals surface area contributed by atoms with Gasteiger partial charge in [-0.05, 0) is 60.2 Å². The minimum Gasteiger partial charge on any atom is -0.396 e. The maximum Gasteiger partial charge on any atom is 0.248 e. The topological polar surface area (TPSA) is 98.7 Å². The van der Waals surface area contributed by atoms with Crippen molar-refractivity contribution in [3.63, 3.8) is 0 Å². The molecule has 3 aromatic rings. The first kappa shape index (κ1) is 27.8. The van der Waals surface area contributed by atoms with Gasteiger partial charge < -0.3 is 20.6 Å². The zero-order valence-corrected chi connectivity index (χ0v) is 24.1. The van der Waals surface area contributed by atoms with Gasteiger partial charge in [0, 0.05) is 29.8 Å². The molecule has 0 aliphatic carbocycles. The average Bonchev–Trinajstić information content (AvgIpc) is 3.57. The molecular weight excluding hydrogens is 534 g/mol. The number of benzene rings is 3. The van der Waals surface area contributed by atoms with Gasteiger partial charge in [-0.2, -0.15) is 0 Å². The smallest absolute Gasteiger partial charge is 0.248 e. The largest absolute Gasteiger partial charge is 0.396 e. The van der Waals surface area contributed by atoms with Crippen LogP contribution in [0.5, 0.6) is 0 Å². The van der Waals surface area contributed by atoms with Gasteiger partial charge in [0.25, 0.3) is 0 Å². The highest BCUT2D eigenvalue weighted by atomic mass is 32.2. The molecule has 3 aromatic carbocycles. The second-order valence-electron chi connectivity index (χ2n) is 11.6. The van der Waals surface area contributed by atoms with Crippen molar-refractivity contribution < 1.29 is 19.5 Å². The van der Waals surface area contributed by atoms with Crippen LogP contribution in [-0.2, 0) is 14.4 Å². The molecule has 7 nitrogen and oxygen atoms in total. The van der Waals surface area contributed by atoms with Crippen LogP contribution in [-0.4, -0.2) is 56.9 Å². The fraction of sp³-hybridized carbons (Fsp3) is 0.424. The predicted octanol–water partition coefficient (Wildman–Crippen LogP) is 5.31. The molecule has 3 N–H and O–H groups in total. The number of unbranched alkanes of at least 4 members (excludes halogenated alkanes) is 3. The van der Waals surface area contributed by atoms with Crippen molar-refractivity contribution in [1.82, 2.24) is 4.90 Å². The third-order valence-electron chi connectivity index (χ3n) is 9.16. The molecule has 6 rings (SSSR count). The molecule has 8 heteroatoms. The van der Waals surface area contributed by atoms with Crippen molar-refractivity contribution in [2.24, 2.45) is 17.8 Å². The molecule has 3 aliphatic rings. The number of carbonyl (C=O) groups excluding carboxylic acids is 3. The Morgan fingerprint density at radius 2 is 1.61 bits per heavy atom. The van der Waals surface area contributed by atoms with E-state index in [2.05, 4.69) is 17.6 Å². The number of rotatable bonds is 10. The van der Waals surface area contributed by atoms with Gasteiger partial charge in [-0.1, -0.05) is 68.3 Å². The molecule has 3 heterocycles. The van der Waals surface area contributed by atoms with E-state index in [-0.39, 0.29) is 35.5 Å². The predicted molar refractivity (Wildman–Crippen MR) is 164 cm³/mol. The highest BCUT2D eigenvalue weighted by Gasteiger charge is 2.75. The van der Waals surface area contributed by atoms with Crippen LogP contribution in [0.3, 0.4) is 0 Å². The lowest BCUT2D eigenvalue weighted by molar-refractivity contribution is -0.138. The summed E-state index contributed by atoms with van der Waals surface area (Å²) in [4.78, 5) is 44.0. The van der Waals surface area contributed by atoms with E-state index in [4.69, 9.17) is 0 Å². The van der Waals surface area contributed by atoms with Gasteiger partial charge in [0.05, 0.1) is 16.6 Å². The molecule has 3 amide bonds. The molecule has 3 fully saturated rings. The molecule has 6 atom stereocenters. The molecule has 1 spiro atoms. The van der Waals surface area contributed by atoms with Crippen molar-refractivity contribution in [2.75, 3.05) is 23.8 Å². The summed E-state index contributed by atoms with van der Waals surface area (Å²) in [6.07, 6.45) is 4.01. The Morgan fingerprint density at radius 1 is 0.902 bits per heavy atom. The summed E-state index contributed by atoms with van der Waals surface area (Å²) in [5.74, 6) is -1.33. The van der Waals surface area contributed by atoms with Gasteiger partial charge in [0.2, 0.25) is 17.7 Å². The number of amides is 3. The summed E-state index contributed by atoms with van der Waals surface area (Å²) in [6, 6.07) is 22.6. The van der Waals surface area contributed by atoms with E-state index in [1.54, 1.807) is 16.7 Å². The second kappa shape index (κ2) is 11.5. The fourth-order valence-electron chi connectivity index (χ4n) is 7.33. The molecule has 214 valence electrons. The average molecular weight is 572 g/mol. The van der Waals surface area contributed by atoms with Crippen LogP contribution in [0, 0.1) is 17.8 Å². The number of aliphatic hydroxyl groups is 1. The Bertz CT molecular complexity index is 1450. The number of hydrogen-bond donors (Lipinski definition) is 3. The summed E-state index contributed by atoms with van der Waals surface area (Å²) >= 11 is 1.69. The first-order valence-electron chi connectivity index (χ1n) is 14.7. The summed E-state index contributed by atoms with van der Waals surface area (Å²) in [7, 11) is 0. The number of likely N-dealkylation sites (tertiary alicyclic amines) is 1. The number of nitrogens with zero attached hydrogens (tertiary/aromatic N) is 1. The van der Waals surface area contributed by atoms with E-state index in [1.807, 2.05) is 72.8 Å². The number of thioether (sulfide) groups is 1. The first-order chi connectivity index (χ1) is 19.9. The number of para-hydroxylation sites is 1. The van der Waals surface area contributed by atoms with Crippen LogP contribution >= 0.6 is 11.8 Å². The minimum absolute atomic E-state index is 0.00895. The van der Waals surface area contributed by atoms with Gasteiger partial charge in [0.15, 0.2) is 0 Å². The lowest BCUT2D eigenvalue weighted by atomic mass is 9.66. The number of carbonyl (C=O) groups is 3. The van der Waals surface area contributed by atoms with Crippen LogP contribution in [0.2, 0.25) is 0 Å². The maximum absolute atomic E-state index is 14.3. The zero-order chi connectivity index (χ0) is 28.6. The van der Waals surface area contributed by atoms with Crippen molar-refractivity contribution in [2.45, 2.75) is 55.1 Å². The van der Waals surface area contributed by atoms with Crippen LogP contribution in [0.25, 0.3) is 10.8 Å². The molecular formula is C33H37N3O4S. The van der Waals surface area contributed by atoms with E-state index >= 15 is 0 Å². The molecule has 3 saturated heterocycles. The van der Waals surface area contributed by atoms with E-state index in [9.17, 15) is 19.5 Å². The maximum atomic E-state index is 14.3. The third-order valence-corrected chi connectivity index (χ3v) is 11.2. The van der Waals surface area contributed by atoms with E-state index in [1.165, 1.54) is 0 Å². The highest BCUT2D eigenvalue weighted by molar-refractivity contribution is 8.02. The van der Waals surface area contributed by atoms with Gasteiger partial charge in [0.1, 0.15) is 6.04 Å². The Balaban J connectivity index is 1.31. The lowest BCUT2D eigenvalue weighted by Crippen LogP contribution is -2.54. The first-order valence-corrected chi connectivity index (χ1v) is 15.6. The Kier molecular flexibility index (Phi) is 7.79. The molecule has 3 unspecified atom stereocenters. The van der Waals surface area contributed by atoms with Crippen LogP contribution in [0.4, 0.5) is 11.4 Å². The minimum atomic E-state index is -0.663. The Labute approximate surface area is 245 Å². The molecule has 0 aromatic heterocycles. The third kappa shape index (κ3) is 4.91. The van der Waals surface area contributed by atoms with Crippen molar-refractivity contribution >= 4 is 51.6 Å². The number of aliphatic hydroxyl groups excluding tert-OH is 1. The van der Waals surface area contributed by atoms with E-state index in [0.29, 0.717) is 17.9 Å². The van der Waals surface area contributed by atoms with Crippen LogP contribution in [0.15, 0.2) is 72.8 Å². The van der Waals surface area contributed by atoms with Crippen molar-refractivity contribution in [1.29, 1.82) is 0 Å². The molecule has 0 saturated carbocycles. The SMILES string of the molecule is CC1C[C@H]2SC13C(C(=O)Nc1ccc4ccccc4c1)N(CCCCCCO)C(=O)[C@@H]3[C@H]2C(=O)Nc1ccccc1. The molecule has 41 heavy (non-hydrogen) atoms. The lowest BCUT2D eigenvalue weighted by Gasteiger charge is -2.38. The number of anilines is 2. The fourth-order valence-corrected chi connectivity index (χ4v) is 9.75. The van der Waals surface area contributed by atoms with Crippen molar-refractivity contribution in [3.8, 4) is 0 Å². The zero-order valence-electron chi connectivity index (χ0n) is 23.3. The monoisotopic (exact) mass is 571 g/mol. The van der Waals surface area contributed by atoms with E-state index in [0.717, 1.165) is 42.9 Å². The number of hydrogen-bond acceptors (Lipinski definition) is 5. The van der Waals surface area contributed by atoms with Gasteiger partial charge in [-0.3, -0.25) is 14.4 Å². The Hall–Kier alpha value is -3.36. The van der Waals surface area contributed by atoms with Gasteiger partial charge in [-0.25, -0.2) is 0 Å². The summed E-state index contributed by atoms with van der Waals surface area (Å²) < 4.78 is -0.660. The highest BCUT2D eigenvalue weighted by Crippen LogP contribution is 2.68. The number of fused-ring (bicyclic) bond motifs is 2. The molecule has 3 aliphatic heterocycles. The van der Waals surface area contributed by atoms with Gasteiger partial charge >= 0.3 is 0 Å². The molecule has 2 bridgehead atoms. The van der Waals surface area contributed by atoms with Crippen LogP contribution < -0.4 is 10.6 Å². The van der Waals surface area contributed by atoms with Crippen LogP contribution in [0.1, 0.15) is 39.0 Å². The summed E-state index contributed by atoms with van der Waals surface area (Å²) in [5, 5.41) is 17.5. The molecule has 0 radical (unpaired) electrons. The van der Waals surface area contributed by atoms with Crippen molar-refractivity contribution in [3.05, 3.63) is 72.8 Å². The quantitative estimate of drug-likeness (QED) is 0.287. The normalized spacial score (nSPS) is 28.2. The summed E-state index contributed by atoms with van der Waals surface area (Å²) in [5.41, 5.74) is 1.41. The van der Waals surface area contributed by atoms with Gasteiger partial charge in [-0.15, -0.1) is 11.8 Å². The number of nitrogens with one attached hydrogen (secondary N) is 2. The Morgan fingerprint density at radius 3 is 2.39 bits per heavy atom. The standard InChI is InChI=1S/C33H37N3O4S/c1-21-19-26-27(30(38)34-24-13-5-4-6-14-24)28-32(40)36(17-9-2-3-10-18-37)29(33(21,28)41-26)31(39)35-25-16-15-22-11-7-8-12-23(22)20-25/h4-8,11-16,20-21,26-29,37H,2-3,9-10,17-19H2,1H3,(H,34,38)(H,35,39)/t21?,26-,27+,28+,29?,33?/m1/s1. The summed E-state index contributed by atoms with van der Waals surface area (Å²) in [6.45, 7) is 2.75.